The number of anilines is 1. The number of likely N-dealkylation sites (N-methyl/N-ethyl adjacent to an activating group) is 1. The van der Waals surface area contributed by atoms with Gasteiger partial charge in [-0.05, 0) is 31.2 Å². The normalized spacial score (nSPS) is 19.4. The highest BCUT2D eigenvalue weighted by atomic mass is 16.3. The molecule has 0 amide bonds. The Hall–Kier alpha value is -1.13. The fourth-order valence-corrected chi connectivity index (χ4v) is 2.16. The van der Waals surface area contributed by atoms with Crippen LogP contribution in [0.3, 0.4) is 0 Å². The quantitative estimate of drug-likeness (QED) is 0.856. The van der Waals surface area contributed by atoms with E-state index in [1.165, 1.54) is 0 Å². The van der Waals surface area contributed by atoms with Crippen LogP contribution in [0.15, 0.2) is 18.3 Å². The van der Waals surface area contributed by atoms with Crippen LogP contribution in [-0.2, 0) is 0 Å². The van der Waals surface area contributed by atoms with Crippen molar-refractivity contribution in [3.63, 3.8) is 0 Å². The molecule has 0 radical (unpaired) electrons. The second kappa shape index (κ2) is 5.47. The lowest BCUT2D eigenvalue weighted by Gasteiger charge is -2.34. The number of aliphatic hydroxyl groups excluding tert-OH is 1. The van der Waals surface area contributed by atoms with Gasteiger partial charge in [-0.15, -0.1) is 0 Å². The predicted molar refractivity (Wildman–Crippen MR) is 69.2 cm³/mol. The summed E-state index contributed by atoms with van der Waals surface area (Å²) in [7, 11) is 0. The lowest BCUT2D eigenvalue weighted by Crippen LogP contribution is -2.46. The molecule has 1 fully saturated rings. The summed E-state index contributed by atoms with van der Waals surface area (Å²) in [6.07, 6.45) is 1.36. The molecule has 1 aliphatic heterocycles. The van der Waals surface area contributed by atoms with Crippen molar-refractivity contribution in [1.29, 1.82) is 0 Å². The fourth-order valence-electron chi connectivity index (χ4n) is 2.16. The van der Waals surface area contributed by atoms with Crippen LogP contribution in [0.2, 0.25) is 0 Å². The minimum Gasteiger partial charge on any atom is -0.389 e. The van der Waals surface area contributed by atoms with E-state index in [-0.39, 0.29) is 0 Å². The van der Waals surface area contributed by atoms with E-state index < -0.39 is 6.10 Å². The summed E-state index contributed by atoms with van der Waals surface area (Å²) in [5, 5.41) is 9.57. The van der Waals surface area contributed by atoms with Crippen LogP contribution < -0.4 is 4.90 Å². The van der Waals surface area contributed by atoms with Gasteiger partial charge in [-0.2, -0.15) is 0 Å². The largest absolute Gasteiger partial charge is 0.389 e. The maximum Gasteiger partial charge on any atom is 0.128 e. The predicted octanol–water partition coefficient (Wildman–Crippen LogP) is 1.28. The molecule has 0 bridgehead atoms. The van der Waals surface area contributed by atoms with Gasteiger partial charge in [0.2, 0.25) is 0 Å². The van der Waals surface area contributed by atoms with Gasteiger partial charge in [0, 0.05) is 32.4 Å². The second-order valence-electron chi connectivity index (χ2n) is 4.54. The SMILES string of the molecule is CCN1CCN(c2cc([C@@H](C)O)ccn2)CC1. The molecule has 1 N–H and O–H groups in total. The Labute approximate surface area is 103 Å². The van der Waals surface area contributed by atoms with Gasteiger partial charge in [-0.3, -0.25) is 0 Å². The molecular weight excluding hydrogens is 214 g/mol. The van der Waals surface area contributed by atoms with Crippen LogP contribution in [0, 0.1) is 0 Å². The Bertz CT molecular complexity index is 359. The van der Waals surface area contributed by atoms with Crippen molar-refractivity contribution in [1.82, 2.24) is 9.88 Å². The molecule has 4 nitrogen and oxygen atoms in total. The molecule has 0 saturated carbocycles. The Morgan fingerprint density at radius 3 is 2.65 bits per heavy atom. The Balaban J connectivity index is 2.05. The Morgan fingerprint density at radius 1 is 1.35 bits per heavy atom. The molecule has 2 rings (SSSR count). The van der Waals surface area contributed by atoms with Crippen molar-refractivity contribution in [3.05, 3.63) is 23.9 Å². The average Bonchev–Trinajstić information content (AvgIpc) is 2.39. The topological polar surface area (TPSA) is 39.6 Å². The van der Waals surface area contributed by atoms with Gasteiger partial charge >= 0.3 is 0 Å². The highest BCUT2D eigenvalue weighted by Gasteiger charge is 2.17. The third kappa shape index (κ3) is 2.96. The Kier molecular flexibility index (Phi) is 3.97. The number of hydrogen-bond acceptors (Lipinski definition) is 4. The zero-order valence-electron chi connectivity index (χ0n) is 10.6. The van der Waals surface area contributed by atoms with Crippen molar-refractivity contribution in [3.8, 4) is 0 Å². The molecule has 17 heavy (non-hydrogen) atoms. The maximum atomic E-state index is 9.57. The first-order chi connectivity index (χ1) is 8.20. The number of nitrogens with zero attached hydrogens (tertiary/aromatic N) is 3. The van der Waals surface area contributed by atoms with Crippen LogP contribution in [0.25, 0.3) is 0 Å². The van der Waals surface area contributed by atoms with Crippen LogP contribution in [-0.4, -0.2) is 47.7 Å². The van der Waals surface area contributed by atoms with E-state index in [2.05, 4.69) is 21.7 Å². The summed E-state index contributed by atoms with van der Waals surface area (Å²) in [5.41, 5.74) is 0.938. The van der Waals surface area contributed by atoms with E-state index in [0.717, 1.165) is 44.1 Å². The van der Waals surface area contributed by atoms with E-state index >= 15 is 0 Å². The van der Waals surface area contributed by atoms with E-state index in [0.29, 0.717) is 0 Å². The smallest absolute Gasteiger partial charge is 0.128 e. The van der Waals surface area contributed by atoms with Gasteiger partial charge in [0.25, 0.3) is 0 Å². The molecule has 1 aliphatic rings. The molecule has 0 unspecified atom stereocenters. The molecule has 0 spiro atoms. The number of aliphatic hydroxyl groups is 1. The first-order valence-corrected chi connectivity index (χ1v) is 6.32. The number of hydrogen-bond donors (Lipinski definition) is 1. The van der Waals surface area contributed by atoms with E-state index in [9.17, 15) is 5.11 Å². The van der Waals surface area contributed by atoms with Crippen LogP contribution in [0.1, 0.15) is 25.5 Å². The number of pyridine rings is 1. The minimum absolute atomic E-state index is 0.423. The first-order valence-electron chi connectivity index (χ1n) is 6.32. The molecule has 1 saturated heterocycles. The third-order valence-electron chi connectivity index (χ3n) is 3.40. The lowest BCUT2D eigenvalue weighted by atomic mass is 10.1. The third-order valence-corrected chi connectivity index (χ3v) is 3.40. The van der Waals surface area contributed by atoms with Crippen molar-refractivity contribution < 1.29 is 5.11 Å². The van der Waals surface area contributed by atoms with Crippen molar-refractivity contribution in [2.45, 2.75) is 20.0 Å². The number of aromatic nitrogens is 1. The molecule has 1 aromatic heterocycles. The molecule has 4 heteroatoms. The molecule has 0 aliphatic carbocycles. The van der Waals surface area contributed by atoms with Crippen LogP contribution in [0.5, 0.6) is 0 Å². The molecule has 0 aromatic carbocycles. The van der Waals surface area contributed by atoms with Gasteiger partial charge in [-0.1, -0.05) is 6.92 Å². The molecular formula is C13H21N3O. The maximum absolute atomic E-state index is 9.57. The zero-order chi connectivity index (χ0) is 12.3. The molecule has 2 heterocycles. The van der Waals surface area contributed by atoms with Gasteiger partial charge in [0.1, 0.15) is 5.82 Å². The zero-order valence-corrected chi connectivity index (χ0v) is 10.6. The molecule has 94 valence electrons. The van der Waals surface area contributed by atoms with E-state index in [1.807, 2.05) is 12.1 Å². The van der Waals surface area contributed by atoms with Crippen molar-refractivity contribution >= 4 is 5.82 Å². The summed E-state index contributed by atoms with van der Waals surface area (Å²) in [6, 6.07) is 3.86. The van der Waals surface area contributed by atoms with Gasteiger partial charge in [0.05, 0.1) is 6.10 Å². The fraction of sp³-hybridized carbons (Fsp3) is 0.615. The minimum atomic E-state index is -0.423. The average molecular weight is 235 g/mol. The molecule has 1 aromatic rings. The summed E-state index contributed by atoms with van der Waals surface area (Å²) in [6.45, 7) is 9.33. The van der Waals surface area contributed by atoms with Gasteiger partial charge in [0.15, 0.2) is 0 Å². The number of rotatable bonds is 3. The van der Waals surface area contributed by atoms with Crippen LogP contribution >= 0.6 is 0 Å². The van der Waals surface area contributed by atoms with E-state index in [4.69, 9.17) is 0 Å². The highest BCUT2D eigenvalue weighted by Crippen LogP contribution is 2.19. The lowest BCUT2D eigenvalue weighted by molar-refractivity contribution is 0.199. The monoisotopic (exact) mass is 235 g/mol. The second-order valence-corrected chi connectivity index (χ2v) is 4.54. The van der Waals surface area contributed by atoms with Crippen molar-refractivity contribution in [2.24, 2.45) is 0 Å². The van der Waals surface area contributed by atoms with Gasteiger partial charge < -0.3 is 14.9 Å². The van der Waals surface area contributed by atoms with Crippen LogP contribution in [0.4, 0.5) is 5.82 Å². The van der Waals surface area contributed by atoms with Gasteiger partial charge in [-0.25, -0.2) is 4.98 Å². The first kappa shape index (κ1) is 12.3. The van der Waals surface area contributed by atoms with E-state index in [1.54, 1.807) is 13.1 Å². The standard InChI is InChI=1S/C13H21N3O/c1-3-15-6-8-16(9-7-15)13-10-12(11(2)17)4-5-14-13/h4-5,10-11,17H,3,6-9H2,1-2H3/t11-/m1/s1. The summed E-state index contributed by atoms with van der Waals surface area (Å²) < 4.78 is 0. The Morgan fingerprint density at radius 2 is 2.06 bits per heavy atom. The number of piperazine rings is 1. The summed E-state index contributed by atoms with van der Waals surface area (Å²) in [5.74, 6) is 0.985. The van der Waals surface area contributed by atoms with Crippen molar-refractivity contribution in [2.75, 3.05) is 37.6 Å². The molecule has 1 atom stereocenters. The summed E-state index contributed by atoms with van der Waals surface area (Å²) >= 11 is 0. The highest BCUT2D eigenvalue weighted by molar-refractivity contribution is 5.42. The summed E-state index contributed by atoms with van der Waals surface area (Å²) in [4.78, 5) is 9.12.